The second kappa shape index (κ2) is 11.1. The van der Waals surface area contributed by atoms with Crippen molar-refractivity contribution in [1.82, 2.24) is 0 Å². The molecule has 0 aliphatic carbocycles. The molecule has 4 nitrogen and oxygen atoms in total. The number of halogens is 3. The summed E-state index contributed by atoms with van der Waals surface area (Å²) in [7, 11) is 0. The number of amides is 1. The van der Waals surface area contributed by atoms with Crippen molar-refractivity contribution in [2.75, 3.05) is 11.5 Å². The number of benzene rings is 3. The zero-order valence-electron chi connectivity index (χ0n) is 17.9. The van der Waals surface area contributed by atoms with Crippen molar-refractivity contribution in [3.8, 4) is 11.5 Å². The molecule has 0 radical (unpaired) electrons. The third-order valence-corrected chi connectivity index (χ3v) is 7.56. The van der Waals surface area contributed by atoms with Crippen molar-refractivity contribution in [3.63, 3.8) is 0 Å². The third-order valence-electron chi connectivity index (χ3n) is 4.84. The van der Waals surface area contributed by atoms with Gasteiger partial charge in [0.15, 0.2) is 15.8 Å². The molecule has 0 N–H and O–H groups in total. The summed E-state index contributed by atoms with van der Waals surface area (Å²) < 4.78 is 13.1. The number of para-hydroxylation sites is 1. The van der Waals surface area contributed by atoms with Crippen LogP contribution in [0.15, 0.2) is 70.0 Å². The summed E-state index contributed by atoms with van der Waals surface area (Å²) >= 11 is 22.4. The van der Waals surface area contributed by atoms with Crippen molar-refractivity contribution in [1.29, 1.82) is 0 Å². The highest BCUT2D eigenvalue weighted by atomic mass is 79.9. The molecule has 0 bridgehead atoms. The van der Waals surface area contributed by atoms with Crippen LogP contribution in [0.3, 0.4) is 0 Å². The van der Waals surface area contributed by atoms with Crippen LogP contribution in [0.1, 0.15) is 18.1 Å². The van der Waals surface area contributed by atoms with E-state index in [-0.39, 0.29) is 5.91 Å². The first-order valence-corrected chi connectivity index (χ1v) is 13.0. The molecule has 4 rings (SSSR count). The Labute approximate surface area is 226 Å². The number of carbonyl (C=O) groups is 1. The first-order valence-electron chi connectivity index (χ1n) is 10.2. The quantitative estimate of drug-likeness (QED) is 0.204. The highest BCUT2D eigenvalue weighted by Gasteiger charge is 2.33. The van der Waals surface area contributed by atoms with Gasteiger partial charge in [-0.15, -0.1) is 0 Å². The molecule has 0 aromatic heterocycles. The summed E-state index contributed by atoms with van der Waals surface area (Å²) in [6.07, 6.45) is 1.80. The van der Waals surface area contributed by atoms with E-state index in [1.165, 1.54) is 16.7 Å². The molecule has 1 aliphatic heterocycles. The second-order valence-electron chi connectivity index (χ2n) is 7.14. The normalized spacial score (nSPS) is 14.7. The van der Waals surface area contributed by atoms with Crippen LogP contribution in [0.5, 0.6) is 11.5 Å². The van der Waals surface area contributed by atoms with E-state index in [9.17, 15) is 4.79 Å². The lowest BCUT2D eigenvalue weighted by Gasteiger charge is -2.15. The van der Waals surface area contributed by atoms with Crippen LogP contribution in [0.4, 0.5) is 5.69 Å². The number of nitrogens with zero attached hydrogens (tertiary/aromatic N) is 1. The number of thioether (sulfide) groups is 1. The van der Waals surface area contributed by atoms with Crippen molar-refractivity contribution in [2.45, 2.75) is 13.5 Å². The molecule has 1 saturated heterocycles. The maximum Gasteiger partial charge on any atom is 0.270 e. The number of thiocarbonyl (C=S) groups is 1. The molecule has 34 heavy (non-hydrogen) atoms. The Kier molecular flexibility index (Phi) is 8.22. The van der Waals surface area contributed by atoms with E-state index in [0.29, 0.717) is 44.0 Å². The van der Waals surface area contributed by atoms with Gasteiger partial charge in [-0.3, -0.25) is 9.69 Å². The topological polar surface area (TPSA) is 38.8 Å². The van der Waals surface area contributed by atoms with E-state index < -0.39 is 0 Å². The molecule has 9 heteroatoms. The van der Waals surface area contributed by atoms with Crippen molar-refractivity contribution < 1.29 is 14.3 Å². The third kappa shape index (κ3) is 5.61. The van der Waals surface area contributed by atoms with Gasteiger partial charge in [-0.1, -0.05) is 87.4 Å². The lowest BCUT2D eigenvalue weighted by molar-refractivity contribution is -0.113. The standard InChI is InChI=1S/C25H18BrCl2NO3S2/c1-2-31-21-11-16(12-23-24(30)29(25(33)34-23)17-6-4-3-5-7-17)18(26)13-22(21)32-14-15-8-9-19(27)20(28)10-15/h3-13H,2,14H2,1H3/b23-12+. The van der Waals surface area contributed by atoms with Crippen molar-refractivity contribution in [2.24, 2.45) is 0 Å². The zero-order chi connectivity index (χ0) is 24.2. The van der Waals surface area contributed by atoms with E-state index in [0.717, 1.165) is 21.3 Å². The minimum atomic E-state index is -0.161. The molecule has 3 aromatic rings. The zero-order valence-corrected chi connectivity index (χ0v) is 22.6. The average Bonchev–Trinajstić information content (AvgIpc) is 3.10. The molecular weight excluding hydrogens is 577 g/mol. The minimum absolute atomic E-state index is 0.161. The molecule has 0 spiro atoms. The summed E-state index contributed by atoms with van der Waals surface area (Å²) in [4.78, 5) is 15.1. The molecule has 174 valence electrons. The van der Waals surface area contributed by atoms with Gasteiger partial charge in [-0.25, -0.2) is 0 Å². The predicted octanol–water partition coefficient (Wildman–Crippen LogP) is 8.14. The number of anilines is 1. The van der Waals surface area contributed by atoms with Crippen LogP contribution in [-0.4, -0.2) is 16.8 Å². The van der Waals surface area contributed by atoms with Gasteiger partial charge in [0.05, 0.1) is 27.2 Å². The van der Waals surface area contributed by atoms with Gasteiger partial charge >= 0.3 is 0 Å². The summed E-state index contributed by atoms with van der Waals surface area (Å²) in [5.41, 5.74) is 2.40. The Bertz CT molecular complexity index is 1280. The fourth-order valence-electron chi connectivity index (χ4n) is 3.24. The van der Waals surface area contributed by atoms with E-state index in [2.05, 4.69) is 15.9 Å². The summed E-state index contributed by atoms with van der Waals surface area (Å²) in [5, 5.41) is 0.961. The number of ether oxygens (including phenoxy) is 2. The molecule has 1 amide bonds. The Hall–Kier alpha value is -2.03. The largest absolute Gasteiger partial charge is 0.490 e. The van der Waals surface area contributed by atoms with E-state index >= 15 is 0 Å². The van der Waals surface area contributed by atoms with E-state index in [1.54, 1.807) is 18.2 Å². The summed E-state index contributed by atoms with van der Waals surface area (Å²) in [6.45, 7) is 2.65. The Morgan fingerprint density at radius 3 is 2.47 bits per heavy atom. The van der Waals surface area contributed by atoms with Crippen molar-refractivity contribution >= 4 is 85.1 Å². The van der Waals surface area contributed by atoms with Crippen LogP contribution < -0.4 is 14.4 Å². The molecule has 0 saturated carbocycles. The highest BCUT2D eigenvalue weighted by molar-refractivity contribution is 9.10. The fourth-order valence-corrected chi connectivity index (χ4v) is 5.29. The van der Waals surface area contributed by atoms with Crippen LogP contribution in [0.25, 0.3) is 6.08 Å². The SMILES string of the molecule is CCOc1cc(/C=C2/SC(=S)N(c3ccccc3)C2=O)c(Br)cc1OCc1ccc(Cl)c(Cl)c1. The lowest BCUT2D eigenvalue weighted by atomic mass is 10.1. The molecule has 0 unspecified atom stereocenters. The number of carbonyl (C=O) groups excluding carboxylic acids is 1. The monoisotopic (exact) mass is 593 g/mol. The smallest absolute Gasteiger partial charge is 0.270 e. The van der Waals surface area contributed by atoms with Crippen LogP contribution in [0.2, 0.25) is 10.0 Å². The van der Waals surface area contributed by atoms with Gasteiger partial charge in [0.1, 0.15) is 6.61 Å². The fraction of sp³-hybridized carbons (Fsp3) is 0.120. The van der Waals surface area contributed by atoms with Gasteiger partial charge in [0.2, 0.25) is 0 Å². The van der Waals surface area contributed by atoms with Crippen LogP contribution in [-0.2, 0) is 11.4 Å². The predicted molar refractivity (Wildman–Crippen MR) is 148 cm³/mol. The summed E-state index contributed by atoms with van der Waals surface area (Å²) in [6, 6.07) is 18.4. The first-order chi connectivity index (χ1) is 16.4. The highest BCUT2D eigenvalue weighted by Crippen LogP contribution is 2.40. The average molecular weight is 595 g/mol. The maximum atomic E-state index is 13.1. The Morgan fingerprint density at radius 2 is 1.76 bits per heavy atom. The molecule has 3 aromatic carbocycles. The molecule has 1 aliphatic rings. The van der Waals surface area contributed by atoms with Gasteiger partial charge in [-0.2, -0.15) is 0 Å². The van der Waals surface area contributed by atoms with Gasteiger partial charge in [-0.05, 0) is 60.5 Å². The van der Waals surface area contributed by atoms with E-state index in [4.69, 9.17) is 44.9 Å². The Balaban J connectivity index is 1.60. The van der Waals surface area contributed by atoms with Gasteiger partial charge in [0, 0.05) is 4.47 Å². The van der Waals surface area contributed by atoms with E-state index in [1.807, 2.05) is 55.5 Å². The lowest BCUT2D eigenvalue weighted by Crippen LogP contribution is -2.27. The molecule has 1 fully saturated rings. The minimum Gasteiger partial charge on any atom is -0.490 e. The van der Waals surface area contributed by atoms with Gasteiger partial charge in [0.25, 0.3) is 5.91 Å². The molecule has 0 atom stereocenters. The maximum absolute atomic E-state index is 13.1. The van der Waals surface area contributed by atoms with Crippen LogP contribution >= 0.6 is 63.1 Å². The molecular formula is C25H18BrCl2NO3S2. The number of hydrogen-bond donors (Lipinski definition) is 0. The molecule has 1 heterocycles. The van der Waals surface area contributed by atoms with Gasteiger partial charge < -0.3 is 9.47 Å². The Morgan fingerprint density at radius 1 is 1.03 bits per heavy atom. The number of hydrogen-bond acceptors (Lipinski definition) is 5. The number of rotatable bonds is 7. The summed E-state index contributed by atoms with van der Waals surface area (Å²) in [5.74, 6) is 0.968. The van der Waals surface area contributed by atoms with Crippen LogP contribution in [0, 0.1) is 0 Å². The first kappa shape index (κ1) is 25.1. The van der Waals surface area contributed by atoms with Crippen molar-refractivity contribution in [3.05, 3.63) is 91.2 Å². The second-order valence-corrected chi connectivity index (χ2v) is 10.5.